The van der Waals surface area contributed by atoms with Crippen LogP contribution in [-0.4, -0.2) is 78.7 Å². The SMILES string of the molecule is COC[C@]1(O)CCN(Cc2cnc(N3CCOCC3)nc2)CC1(C)C. The fourth-order valence-electron chi connectivity index (χ4n) is 3.72. The fraction of sp³-hybridized carbons (Fsp3) is 0.778. The molecule has 3 heterocycles. The third kappa shape index (κ3) is 4.11. The normalized spacial score (nSPS) is 27.4. The van der Waals surface area contributed by atoms with Gasteiger partial charge in [0.1, 0.15) is 0 Å². The predicted octanol–water partition coefficient (Wildman–Crippen LogP) is 0.923. The van der Waals surface area contributed by atoms with E-state index in [1.54, 1.807) is 7.11 Å². The van der Waals surface area contributed by atoms with E-state index >= 15 is 0 Å². The van der Waals surface area contributed by atoms with Crippen LogP contribution < -0.4 is 4.90 Å². The summed E-state index contributed by atoms with van der Waals surface area (Å²) in [7, 11) is 1.65. The summed E-state index contributed by atoms with van der Waals surface area (Å²) < 4.78 is 10.6. The highest BCUT2D eigenvalue weighted by molar-refractivity contribution is 5.30. The van der Waals surface area contributed by atoms with Crippen LogP contribution in [0, 0.1) is 5.41 Å². The van der Waals surface area contributed by atoms with Crippen LogP contribution in [0.15, 0.2) is 12.4 Å². The van der Waals surface area contributed by atoms with Gasteiger partial charge >= 0.3 is 0 Å². The van der Waals surface area contributed by atoms with Crippen LogP contribution >= 0.6 is 0 Å². The topological polar surface area (TPSA) is 71.0 Å². The van der Waals surface area contributed by atoms with Gasteiger partial charge in [0.25, 0.3) is 0 Å². The van der Waals surface area contributed by atoms with E-state index in [1.165, 1.54) is 0 Å². The first kappa shape index (κ1) is 18.5. The molecule has 140 valence electrons. The second kappa shape index (κ2) is 7.53. The predicted molar refractivity (Wildman–Crippen MR) is 95.6 cm³/mol. The Morgan fingerprint density at radius 1 is 1.20 bits per heavy atom. The molecule has 2 aliphatic rings. The Kier molecular flexibility index (Phi) is 5.58. The lowest BCUT2D eigenvalue weighted by molar-refractivity contribution is -0.151. The zero-order chi connectivity index (χ0) is 17.9. The number of anilines is 1. The van der Waals surface area contributed by atoms with Crippen molar-refractivity contribution in [2.24, 2.45) is 5.41 Å². The maximum Gasteiger partial charge on any atom is 0.225 e. The van der Waals surface area contributed by atoms with Gasteiger partial charge in [-0.05, 0) is 6.42 Å². The molecule has 2 saturated heterocycles. The van der Waals surface area contributed by atoms with E-state index in [2.05, 4.69) is 33.6 Å². The van der Waals surface area contributed by atoms with Crippen molar-refractivity contribution in [3.05, 3.63) is 18.0 Å². The van der Waals surface area contributed by atoms with Crippen LogP contribution in [0.5, 0.6) is 0 Å². The molecule has 7 nitrogen and oxygen atoms in total. The highest BCUT2D eigenvalue weighted by atomic mass is 16.5. The standard InChI is InChI=1S/C18H30N4O3/c1-17(2)13-21(5-4-18(17,23)14-24-3)12-15-10-19-16(20-11-15)22-6-8-25-9-7-22/h10-11,23H,4-9,12-14H2,1-3H3/t18-/m1/s1. The van der Waals surface area contributed by atoms with Gasteiger partial charge in [0.05, 0.1) is 25.4 Å². The Hall–Kier alpha value is -1.28. The first-order chi connectivity index (χ1) is 11.9. The van der Waals surface area contributed by atoms with Gasteiger partial charge in [-0.3, -0.25) is 4.90 Å². The molecule has 0 bridgehead atoms. The maximum atomic E-state index is 10.9. The molecule has 1 aromatic rings. The summed E-state index contributed by atoms with van der Waals surface area (Å²) >= 11 is 0. The highest BCUT2D eigenvalue weighted by Crippen LogP contribution is 2.39. The number of ether oxygens (including phenoxy) is 2. The van der Waals surface area contributed by atoms with E-state index in [4.69, 9.17) is 9.47 Å². The smallest absolute Gasteiger partial charge is 0.225 e. The van der Waals surface area contributed by atoms with Crippen molar-refractivity contribution >= 4 is 5.95 Å². The Morgan fingerprint density at radius 3 is 2.48 bits per heavy atom. The third-order valence-electron chi connectivity index (χ3n) is 5.50. The Bertz CT molecular complexity index is 560. The first-order valence-electron chi connectivity index (χ1n) is 9.01. The van der Waals surface area contributed by atoms with E-state index in [0.29, 0.717) is 13.0 Å². The van der Waals surface area contributed by atoms with Crippen LogP contribution in [0.2, 0.25) is 0 Å². The zero-order valence-electron chi connectivity index (χ0n) is 15.6. The van der Waals surface area contributed by atoms with Crippen LogP contribution in [-0.2, 0) is 16.0 Å². The van der Waals surface area contributed by atoms with Crippen LogP contribution in [0.4, 0.5) is 5.95 Å². The van der Waals surface area contributed by atoms with Gasteiger partial charge in [0.15, 0.2) is 0 Å². The lowest BCUT2D eigenvalue weighted by Gasteiger charge is -2.50. The lowest BCUT2D eigenvalue weighted by atomic mass is 9.70. The number of methoxy groups -OCH3 is 1. The molecule has 1 aromatic heterocycles. The molecule has 0 radical (unpaired) electrons. The summed E-state index contributed by atoms with van der Waals surface area (Å²) in [5.41, 5.74) is 0.107. The number of piperidine rings is 1. The number of hydrogen-bond donors (Lipinski definition) is 1. The molecule has 1 N–H and O–H groups in total. The summed E-state index contributed by atoms with van der Waals surface area (Å²) in [5.74, 6) is 0.778. The zero-order valence-corrected chi connectivity index (χ0v) is 15.6. The van der Waals surface area contributed by atoms with E-state index in [9.17, 15) is 5.11 Å². The maximum absolute atomic E-state index is 10.9. The monoisotopic (exact) mass is 350 g/mol. The quantitative estimate of drug-likeness (QED) is 0.847. The molecule has 7 heteroatoms. The first-order valence-corrected chi connectivity index (χ1v) is 9.01. The molecule has 0 spiro atoms. The molecular weight excluding hydrogens is 320 g/mol. The summed E-state index contributed by atoms with van der Waals surface area (Å²) in [6.45, 7) is 10.2. The molecule has 2 aliphatic heterocycles. The van der Waals surface area contributed by atoms with Crippen LogP contribution in [0.1, 0.15) is 25.8 Å². The average Bonchev–Trinajstić information content (AvgIpc) is 2.60. The molecule has 25 heavy (non-hydrogen) atoms. The van der Waals surface area contributed by atoms with Crippen molar-refractivity contribution < 1.29 is 14.6 Å². The highest BCUT2D eigenvalue weighted by Gasteiger charge is 2.47. The van der Waals surface area contributed by atoms with Crippen LogP contribution in [0.25, 0.3) is 0 Å². The molecular formula is C18H30N4O3. The molecule has 0 aromatic carbocycles. The molecule has 0 unspecified atom stereocenters. The summed E-state index contributed by atoms with van der Waals surface area (Å²) in [4.78, 5) is 13.6. The Labute approximate surface area is 150 Å². The van der Waals surface area contributed by atoms with Gasteiger partial charge in [-0.15, -0.1) is 0 Å². The van der Waals surface area contributed by atoms with Gasteiger partial charge in [-0.2, -0.15) is 0 Å². The minimum atomic E-state index is -0.769. The minimum absolute atomic E-state index is 0.226. The molecule has 1 atom stereocenters. The number of hydrogen-bond acceptors (Lipinski definition) is 7. The van der Waals surface area contributed by atoms with E-state index < -0.39 is 5.60 Å². The molecule has 3 rings (SSSR count). The van der Waals surface area contributed by atoms with Gasteiger partial charge in [-0.25, -0.2) is 9.97 Å². The number of morpholine rings is 1. The van der Waals surface area contributed by atoms with Crippen molar-refractivity contribution in [2.75, 3.05) is 58.0 Å². The lowest BCUT2D eigenvalue weighted by Crippen LogP contribution is -2.59. The van der Waals surface area contributed by atoms with E-state index in [1.807, 2.05) is 12.4 Å². The van der Waals surface area contributed by atoms with E-state index in [0.717, 1.165) is 57.4 Å². The number of aliphatic hydroxyl groups is 1. The van der Waals surface area contributed by atoms with Crippen molar-refractivity contribution in [1.82, 2.24) is 14.9 Å². The second-order valence-corrected chi connectivity index (χ2v) is 7.80. The van der Waals surface area contributed by atoms with Crippen molar-refractivity contribution in [3.8, 4) is 0 Å². The Morgan fingerprint density at radius 2 is 1.88 bits per heavy atom. The number of nitrogens with zero attached hydrogens (tertiary/aromatic N) is 4. The molecule has 0 saturated carbocycles. The number of rotatable bonds is 5. The number of likely N-dealkylation sites (tertiary alicyclic amines) is 1. The van der Waals surface area contributed by atoms with Gasteiger partial charge in [0.2, 0.25) is 5.95 Å². The van der Waals surface area contributed by atoms with Gasteiger partial charge in [0, 0.05) is 63.2 Å². The van der Waals surface area contributed by atoms with Gasteiger partial charge in [-0.1, -0.05) is 13.8 Å². The van der Waals surface area contributed by atoms with Crippen LogP contribution in [0.3, 0.4) is 0 Å². The van der Waals surface area contributed by atoms with Crippen molar-refractivity contribution in [2.45, 2.75) is 32.4 Å². The molecule has 0 amide bonds. The molecule has 0 aliphatic carbocycles. The Balaban J connectivity index is 1.59. The number of aromatic nitrogens is 2. The average molecular weight is 350 g/mol. The van der Waals surface area contributed by atoms with E-state index in [-0.39, 0.29) is 5.41 Å². The van der Waals surface area contributed by atoms with Gasteiger partial charge < -0.3 is 19.5 Å². The fourth-order valence-corrected chi connectivity index (χ4v) is 3.72. The summed E-state index contributed by atoms with van der Waals surface area (Å²) in [6, 6.07) is 0. The summed E-state index contributed by atoms with van der Waals surface area (Å²) in [6.07, 6.45) is 4.54. The summed E-state index contributed by atoms with van der Waals surface area (Å²) in [5, 5.41) is 10.9. The largest absolute Gasteiger partial charge is 0.387 e. The van der Waals surface area contributed by atoms with Crippen molar-refractivity contribution in [1.29, 1.82) is 0 Å². The molecule has 2 fully saturated rings. The minimum Gasteiger partial charge on any atom is -0.387 e. The second-order valence-electron chi connectivity index (χ2n) is 7.80. The van der Waals surface area contributed by atoms with Crippen molar-refractivity contribution in [3.63, 3.8) is 0 Å². The third-order valence-corrected chi connectivity index (χ3v) is 5.50.